The molecule has 0 bridgehead atoms. The summed E-state index contributed by atoms with van der Waals surface area (Å²) in [5.74, 6) is -0.844. The van der Waals surface area contributed by atoms with Crippen molar-refractivity contribution in [3.8, 4) is 6.07 Å². The van der Waals surface area contributed by atoms with E-state index in [0.29, 0.717) is 5.56 Å². The highest BCUT2D eigenvalue weighted by Crippen LogP contribution is 2.41. The normalized spacial score (nSPS) is 25.5. The van der Waals surface area contributed by atoms with E-state index in [1.165, 1.54) is 10.4 Å². The molecule has 1 unspecified atom stereocenters. The van der Waals surface area contributed by atoms with Crippen molar-refractivity contribution in [3.05, 3.63) is 96.1 Å². The van der Waals surface area contributed by atoms with E-state index >= 15 is 0 Å². The zero-order valence-electron chi connectivity index (χ0n) is 25.3. The van der Waals surface area contributed by atoms with Gasteiger partial charge in [0.15, 0.2) is 12.1 Å². The average Bonchev–Trinajstić information content (AvgIpc) is 3.32. The third kappa shape index (κ3) is 5.97. The summed E-state index contributed by atoms with van der Waals surface area (Å²) >= 11 is 0. The van der Waals surface area contributed by atoms with Crippen molar-refractivity contribution in [3.63, 3.8) is 0 Å². The van der Waals surface area contributed by atoms with E-state index in [9.17, 15) is 5.26 Å². The number of hydrogen-bond acceptors (Lipinski definition) is 7. The third-order valence-electron chi connectivity index (χ3n) is 8.11. The number of nitriles is 1. The van der Waals surface area contributed by atoms with Crippen molar-refractivity contribution in [2.75, 3.05) is 13.7 Å². The highest BCUT2D eigenvalue weighted by molar-refractivity contribution is 6.99. The largest absolute Gasteiger partial charge is 0.405 e. The first-order valence-corrected chi connectivity index (χ1v) is 16.4. The minimum absolute atomic E-state index is 0.184. The molecule has 3 aromatic rings. The first kappa shape index (κ1) is 30.6. The number of hydrogen-bond donors (Lipinski definition) is 0. The molecule has 0 saturated carbocycles. The summed E-state index contributed by atoms with van der Waals surface area (Å²) in [6.07, 6.45) is -2.65. The van der Waals surface area contributed by atoms with E-state index in [0.717, 1.165) is 5.56 Å². The Bertz CT molecular complexity index is 1330. The lowest BCUT2D eigenvalue weighted by Crippen LogP contribution is -2.68. The van der Waals surface area contributed by atoms with E-state index in [2.05, 4.69) is 75.4 Å². The molecule has 0 radical (unpaired) electrons. The van der Waals surface area contributed by atoms with Crippen LogP contribution in [-0.2, 0) is 34.7 Å². The van der Waals surface area contributed by atoms with Gasteiger partial charge in [-0.2, -0.15) is 5.26 Å². The van der Waals surface area contributed by atoms with E-state index < -0.39 is 44.8 Å². The van der Waals surface area contributed by atoms with Crippen molar-refractivity contribution >= 4 is 18.7 Å². The second-order valence-electron chi connectivity index (χ2n) is 12.4. The maximum absolute atomic E-state index is 9.54. The molecule has 8 heteroatoms. The minimum atomic E-state index is -2.81. The zero-order chi connectivity index (χ0) is 30.0. The van der Waals surface area contributed by atoms with Gasteiger partial charge in [0.05, 0.1) is 24.8 Å². The number of nitrogens with zero attached hydrogens (tertiary/aromatic N) is 1. The average molecular weight is 588 g/mol. The van der Waals surface area contributed by atoms with Crippen LogP contribution >= 0.6 is 0 Å². The SMILES string of the molecule is COC1O[C@H](CO[Si](c2ccccc2)(c2ccccc2)C(C)(C)C)[C@@H]2OC(C)(C)O[C@@H]2[C@H]1OCc1ccccc1C#N. The van der Waals surface area contributed by atoms with Gasteiger partial charge in [0, 0.05) is 7.11 Å². The smallest absolute Gasteiger partial charge is 0.261 e. The predicted octanol–water partition coefficient (Wildman–Crippen LogP) is 4.91. The molecule has 7 nitrogen and oxygen atoms in total. The minimum Gasteiger partial charge on any atom is -0.405 e. The van der Waals surface area contributed by atoms with Gasteiger partial charge < -0.3 is 28.1 Å². The van der Waals surface area contributed by atoms with Gasteiger partial charge in [-0.1, -0.05) is 99.6 Å². The first-order chi connectivity index (χ1) is 20.1. The molecular formula is C34H41NO6Si. The van der Waals surface area contributed by atoms with E-state index in [1.54, 1.807) is 13.2 Å². The summed E-state index contributed by atoms with van der Waals surface area (Å²) in [6.45, 7) is 11.1. The Morgan fingerprint density at radius 3 is 2.00 bits per heavy atom. The monoisotopic (exact) mass is 587 g/mol. The van der Waals surface area contributed by atoms with Gasteiger partial charge in [0.25, 0.3) is 8.32 Å². The molecule has 5 atom stereocenters. The maximum Gasteiger partial charge on any atom is 0.261 e. The van der Waals surface area contributed by atoms with Gasteiger partial charge in [-0.25, -0.2) is 0 Å². The lowest BCUT2D eigenvalue weighted by atomic mass is 9.99. The molecule has 3 aromatic carbocycles. The van der Waals surface area contributed by atoms with Crippen LogP contribution in [0.1, 0.15) is 45.7 Å². The van der Waals surface area contributed by atoms with Crippen molar-refractivity contribution in [1.82, 2.24) is 0 Å². The molecular weight excluding hydrogens is 546 g/mol. The van der Waals surface area contributed by atoms with E-state index in [4.69, 9.17) is 28.1 Å². The van der Waals surface area contributed by atoms with Crippen LogP contribution in [0, 0.1) is 11.3 Å². The quantitative estimate of drug-likeness (QED) is 0.329. The Morgan fingerprint density at radius 1 is 0.857 bits per heavy atom. The number of ether oxygens (including phenoxy) is 5. The number of methoxy groups -OCH3 is 1. The molecule has 0 spiro atoms. The van der Waals surface area contributed by atoms with Crippen molar-refractivity contribution in [1.29, 1.82) is 5.26 Å². The van der Waals surface area contributed by atoms with Gasteiger partial charge in [-0.05, 0) is 40.9 Å². The van der Waals surface area contributed by atoms with Crippen LogP contribution in [0.2, 0.25) is 5.04 Å². The summed E-state index contributed by atoms with van der Waals surface area (Å²) in [6, 6.07) is 30.7. The molecule has 5 rings (SSSR count). The molecule has 222 valence electrons. The van der Waals surface area contributed by atoms with Crippen molar-refractivity contribution < 1.29 is 28.1 Å². The third-order valence-corrected chi connectivity index (χ3v) is 13.1. The Kier molecular flexibility index (Phi) is 9.02. The Hall–Kier alpha value is -2.87. The summed E-state index contributed by atoms with van der Waals surface area (Å²) < 4.78 is 38.9. The van der Waals surface area contributed by atoms with Crippen LogP contribution in [-0.4, -0.2) is 58.5 Å². The number of benzene rings is 3. The predicted molar refractivity (Wildman–Crippen MR) is 163 cm³/mol. The highest BCUT2D eigenvalue weighted by Gasteiger charge is 2.57. The molecule has 0 N–H and O–H groups in total. The maximum atomic E-state index is 9.54. The molecule has 2 aliphatic rings. The molecule has 2 saturated heterocycles. The fourth-order valence-electron chi connectivity index (χ4n) is 6.25. The van der Waals surface area contributed by atoms with Gasteiger partial charge in [-0.3, -0.25) is 0 Å². The molecule has 42 heavy (non-hydrogen) atoms. The van der Waals surface area contributed by atoms with Crippen LogP contribution in [0.25, 0.3) is 0 Å². The van der Waals surface area contributed by atoms with Gasteiger partial charge in [-0.15, -0.1) is 0 Å². The van der Waals surface area contributed by atoms with Gasteiger partial charge in [0.1, 0.15) is 24.4 Å². The summed E-state index contributed by atoms with van der Waals surface area (Å²) in [5, 5.41) is 11.7. The van der Waals surface area contributed by atoms with Crippen LogP contribution in [0.3, 0.4) is 0 Å². The summed E-state index contributed by atoms with van der Waals surface area (Å²) in [4.78, 5) is 0. The van der Waals surface area contributed by atoms with Gasteiger partial charge >= 0.3 is 0 Å². The second-order valence-corrected chi connectivity index (χ2v) is 16.7. The summed E-state index contributed by atoms with van der Waals surface area (Å²) in [7, 11) is -1.21. The summed E-state index contributed by atoms with van der Waals surface area (Å²) in [5.41, 5.74) is 1.36. The molecule has 2 aliphatic heterocycles. The van der Waals surface area contributed by atoms with Crippen LogP contribution in [0.15, 0.2) is 84.9 Å². The molecule has 0 aliphatic carbocycles. The van der Waals surface area contributed by atoms with Gasteiger partial charge in [0.2, 0.25) is 0 Å². The van der Waals surface area contributed by atoms with Crippen LogP contribution in [0.5, 0.6) is 0 Å². The Labute approximate surface area is 250 Å². The van der Waals surface area contributed by atoms with E-state index in [1.807, 2.05) is 44.2 Å². The fourth-order valence-corrected chi connectivity index (χ4v) is 10.8. The standard InChI is InChI=1S/C34H41NO6Si/c1-33(2,3)42(26-17-9-7-10-18-26,27-19-11-8-12-20-27)38-23-28-29-30(41-34(4,5)40-29)31(32(36-6)39-28)37-22-25-16-14-13-15-24(25)21-35/h7-20,28-32H,22-23H2,1-6H3/t28-,29+,30+,31-,32?/m1/s1. The second kappa shape index (κ2) is 12.4. The van der Waals surface area contributed by atoms with Crippen molar-refractivity contribution in [2.45, 2.75) is 82.8 Å². The zero-order valence-corrected chi connectivity index (χ0v) is 26.3. The van der Waals surface area contributed by atoms with E-state index in [-0.39, 0.29) is 18.3 Å². The Balaban J connectivity index is 1.45. The number of fused-ring (bicyclic) bond motifs is 1. The van der Waals surface area contributed by atoms with Crippen LogP contribution < -0.4 is 10.4 Å². The lowest BCUT2D eigenvalue weighted by Gasteiger charge is -2.46. The topological polar surface area (TPSA) is 79.2 Å². The van der Waals surface area contributed by atoms with Crippen LogP contribution in [0.4, 0.5) is 0 Å². The molecule has 0 amide bonds. The first-order valence-electron chi connectivity index (χ1n) is 14.5. The Morgan fingerprint density at radius 2 is 1.43 bits per heavy atom. The molecule has 2 fully saturated rings. The highest BCUT2D eigenvalue weighted by atomic mass is 28.4. The van der Waals surface area contributed by atoms with Crippen molar-refractivity contribution in [2.24, 2.45) is 0 Å². The number of rotatable bonds is 9. The molecule has 0 aromatic heterocycles. The lowest BCUT2D eigenvalue weighted by molar-refractivity contribution is -0.285. The fraction of sp³-hybridized carbons (Fsp3) is 0.441. The molecule has 2 heterocycles.